The number of aliphatic hydroxyl groups excluding tert-OH is 1. The third kappa shape index (κ3) is 5.72. The third-order valence-corrected chi connectivity index (χ3v) is 4.25. The number of nitrogens with zero attached hydrogens (tertiary/aromatic N) is 2. The lowest BCUT2D eigenvalue weighted by atomic mass is 9.89. The van der Waals surface area contributed by atoms with Crippen LogP contribution in [0.25, 0.3) is 0 Å². The number of piperidine rings is 1. The fourth-order valence-electron chi connectivity index (χ4n) is 3.32. The topological polar surface area (TPSA) is 96.1 Å². The average molecular weight is 349 g/mol. The maximum absolute atomic E-state index is 12.9. The molecule has 0 radical (unpaired) electrons. The lowest BCUT2D eigenvalue weighted by Gasteiger charge is -2.38. The van der Waals surface area contributed by atoms with Crippen LogP contribution in [0.5, 0.6) is 5.75 Å². The first-order chi connectivity index (χ1) is 11.9. The Labute approximate surface area is 148 Å². The zero-order valence-electron chi connectivity index (χ0n) is 14.9. The van der Waals surface area contributed by atoms with Gasteiger partial charge in [0.25, 0.3) is 11.8 Å². The van der Waals surface area contributed by atoms with Crippen molar-refractivity contribution in [1.82, 2.24) is 9.80 Å². The van der Waals surface area contributed by atoms with Crippen molar-refractivity contribution < 1.29 is 19.4 Å². The quantitative estimate of drug-likeness (QED) is 0.732. The fourth-order valence-corrected chi connectivity index (χ4v) is 3.32. The first kappa shape index (κ1) is 19.2. The van der Waals surface area contributed by atoms with Crippen molar-refractivity contribution in [2.75, 3.05) is 46.9 Å². The van der Waals surface area contributed by atoms with Crippen LogP contribution >= 0.6 is 0 Å². The summed E-state index contributed by atoms with van der Waals surface area (Å²) in [5.41, 5.74) is 5.58. The highest BCUT2D eigenvalue weighted by Crippen LogP contribution is 2.24. The molecule has 1 aliphatic rings. The molecule has 1 aromatic rings. The molecular weight excluding hydrogens is 322 g/mol. The highest BCUT2D eigenvalue weighted by molar-refractivity contribution is 5.94. The summed E-state index contributed by atoms with van der Waals surface area (Å²) in [5.74, 6) is 0.206. The molecule has 1 heterocycles. The number of ether oxygens (including phenoxy) is 1. The Morgan fingerprint density at radius 3 is 2.68 bits per heavy atom. The predicted octanol–water partition coefficient (Wildman–Crippen LogP) is 0.183. The van der Waals surface area contributed by atoms with Gasteiger partial charge in [-0.25, -0.2) is 0 Å². The van der Waals surface area contributed by atoms with Gasteiger partial charge >= 0.3 is 0 Å². The van der Waals surface area contributed by atoms with E-state index in [-0.39, 0.29) is 25.0 Å². The Balaban J connectivity index is 2.09. The number of aliphatic hydroxyl groups is 1. The molecule has 2 atom stereocenters. The van der Waals surface area contributed by atoms with Crippen LogP contribution in [-0.2, 0) is 4.79 Å². The van der Waals surface area contributed by atoms with Crippen LogP contribution in [-0.4, -0.2) is 73.7 Å². The Kier molecular flexibility index (Phi) is 6.78. The van der Waals surface area contributed by atoms with Gasteiger partial charge in [0.1, 0.15) is 5.75 Å². The van der Waals surface area contributed by atoms with E-state index in [1.807, 2.05) is 14.1 Å². The van der Waals surface area contributed by atoms with Gasteiger partial charge in [0.2, 0.25) is 0 Å². The number of benzene rings is 1. The van der Waals surface area contributed by atoms with Gasteiger partial charge in [-0.3, -0.25) is 9.59 Å². The van der Waals surface area contributed by atoms with E-state index < -0.39 is 5.91 Å². The van der Waals surface area contributed by atoms with Gasteiger partial charge in [0.05, 0.1) is 0 Å². The van der Waals surface area contributed by atoms with E-state index in [0.717, 1.165) is 13.0 Å². The van der Waals surface area contributed by atoms with Gasteiger partial charge in [0, 0.05) is 31.8 Å². The summed E-state index contributed by atoms with van der Waals surface area (Å²) in [7, 11) is 4.02. The van der Waals surface area contributed by atoms with Gasteiger partial charge in [-0.15, -0.1) is 0 Å². The van der Waals surface area contributed by atoms with Crippen LogP contribution in [0.15, 0.2) is 24.3 Å². The summed E-state index contributed by atoms with van der Waals surface area (Å²) in [6, 6.07) is 6.74. The summed E-state index contributed by atoms with van der Waals surface area (Å²) in [5, 5.41) is 9.56. The number of likely N-dealkylation sites (tertiary alicyclic amines) is 1. The molecule has 7 heteroatoms. The average Bonchev–Trinajstić information content (AvgIpc) is 2.58. The fraction of sp³-hybridized carbons (Fsp3) is 0.556. The standard InChI is InChI=1S/C18H27N3O4/c1-20(2)8-13-6-14(11-22)10-21(9-13)18(24)15-4-3-5-16(7-15)25-12-17(19)23/h3-5,7,13-14,22H,6,8-12H2,1-2H3,(H2,19,23)/t13-,14-/m1/s1. The van der Waals surface area contributed by atoms with Crippen molar-refractivity contribution in [2.24, 2.45) is 17.6 Å². The zero-order chi connectivity index (χ0) is 18.4. The second-order valence-electron chi connectivity index (χ2n) is 6.91. The normalized spacial score (nSPS) is 20.6. The Morgan fingerprint density at radius 1 is 1.32 bits per heavy atom. The third-order valence-electron chi connectivity index (χ3n) is 4.25. The van der Waals surface area contributed by atoms with E-state index in [1.54, 1.807) is 29.2 Å². The molecule has 1 aromatic carbocycles. The van der Waals surface area contributed by atoms with Crippen LogP contribution in [0.1, 0.15) is 16.8 Å². The molecule has 2 amide bonds. The van der Waals surface area contributed by atoms with Crippen molar-refractivity contribution in [3.05, 3.63) is 29.8 Å². The minimum Gasteiger partial charge on any atom is -0.484 e. The number of hydrogen-bond donors (Lipinski definition) is 2. The van der Waals surface area contributed by atoms with Gasteiger partial charge in [-0.2, -0.15) is 0 Å². The molecule has 0 aliphatic carbocycles. The molecule has 3 N–H and O–H groups in total. The zero-order valence-corrected chi connectivity index (χ0v) is 14.9. The lowest BCUT2D eigenvalue weighted by Crippen LogP contribution is -2.47. The number of amides is 2. The molecule has 25 heavy (non-hydrogen) atoms. The Bertz CT molecular complexity index is 606. The van der Waals surface area contributed by atoms with Gasteiger partial charge in [-0.05, 0) is 50.6 Å². The molecule has 7 nitrogen and oxygen atoms in total. The summed E-state index contributed by atoms with van der Waals surface area (Å²) in [4.78, 5) is 27.6. The van der Waals surface area contributed by atoms with E-state index in [9.17, 15) is 14.7 Å². The van der Waals surface area contributed by atoms with Crippen LogP contribution in [0.4, 0.5) is 0 Å². The number of carbonyl (C=O) groups is 2. The van der Waals surface area contributed by atoms with Gasteiger partial charge in [-0.1, -0.05) is 6.07 Å². The number of nitrogens with two attached hydrogens (primary N) is 1. The summed E-state index contributed by atoms with van der Waals surface area (Å²) in [6.07, 6.45) is 0.917. The molecule has 1 aliphatic heterocycles. The number of primary amides is 1. The molecule has 0 saturated carbocycles. The highest BCUT2D eigenvalue weighted by atomic mass is 16.5. The second-order valence-corrected chi connectivity index (χ2v) is 6.91. The van der Waals surface area contributed by atoms with Crippen LogP contribution < -0.4 is 10.5 Å². The van der Waals surface area contributed by atoms with Crippen molar-refractivity contribution in [3.63, 3.8) is 0 Å². The van der Waals surface area contributed by atoms with Crippen molar-refractivity contribution >= 4 is 11.8 Å². The lowest BCUT2D eigenvalue weighted by molar-refractivity contribution is -0.119. The van der Waals surface area contributed by atoms with Crippen LogP contribution in [0.3, 0.4) is 0 Å². The second kappa shape index (κ2) is 8.82. The maximum atomic E-state index is 12.9. The number of rotatable bonds is 7. The Hall–Kier alpha value is -2.12. The van der Waals surface area contributed by atoms with Crippen molar-refractivity contribution in [2.45, 2.75) is 6.42 Å². The highest BCUT2D eigenvalue weighted by Gasteiger charge is 2.30. The molecule has 0 unspecified atom stereocenters. The monoisotopic (exact) mass is 349 g/mol. The predicted molar refractivity (Wildman–Crippen MR) is 94.3 cm³/mol. The molecule has 0 spiro atoms. The van der Waals surface area contributed by atoms with Crippen molar-refractivity contribution in [3.8, 4) is 5.75 Å². The number of carbonyl (C=O) groups excluding carboxylic acids is 2. The summed E-state index contributed by atoms with van der Waals surface area (Å²) < 4.78 is 5.27. The van der Waals surface area contributed by atoms with E-state index in [1.165, 1.54) is 0 Å². The van der Waals surface area contributed by atoms with Crippen LogP contribution in [0.2, 0.25) is 0 Å². The molecule has 0 aromatic heterocycles. The van der Waals surface area contributed by atoms with E-state index >= 15 is 0 Å². The first-order valence-electron chi connectivity index (χ1n) is 8.45. The summed E-state index contributed by atoms with van der Waals surface area (Å²) >= 11 is 0. The molecule has 1 saturated heterocycles. The van der Waals surface area contributed by atoms with Gasteiger partial charge < -0.3 is 25.4 Å². The van der Waals surface area contributed by atoms with E-state index in [4.69, 9.17) is 10.5 Å². The van der Waals surface area contributed by atoms with Gasteiger partial charge in [0.15, 0.2) is 6.61 Å². The SMILES string of the molecule is CN(C)C[C@H]1C[C@@H](CO)CN(C(=O)c2cccc(OCC(N)=O)c2)C1. The first-order valence-corrected chi connectivity index (χ1v) is 8.45. The Morgan fingerprint density at radius 2 is 2.04 bits per heavy atom. The maximum Gasteiger partial charge on any atom is 0.255 e. The number of hydrogen-bond acceptors (Lipinski definition) is 5. The molecular formula is C18H27N3O4. The molecule has 2 rings (SSSR count). The minimum absolute atomic E-state index is 0.0788. The van der Waals surface area contributed by atoms with Crippen molar-refractivity contribution in [1.29, 1.82) is 0 Å². The smallest absolute Gasteiger partial charge is 0.255 e. The van der Waals surface area contributed by atoms with E-state index in [0.29, 0.717) is 30.3 Å². The van der Waals surface area contributed by atoms with E-state index in [2.05, 4.69) is 4.90 Å². The molecule has 0 bridgehead atoms. The molecule has 138 valence electrons. The summed E-state index contributed by atoms with van der Waals surface area (Å²) in [6.45, 7) is 1.95. The largest absolute Gasteiger partial charge is 0.484 e. The minimum atomic E-state index is -0.565. The molecule has 1 fully saturated rings. The van der Waals surface area contributed by atoms with Crippen LogP contribution in [0, 0.1) is 11.8 Å².